The molecule has 0 spiro atoms. The molecule has 0 aromatic heterocycles. The zero-order valence-corrected chi connectivity index (χ0v) is 5.98. The van der Waals surface area contributed by atoms with E-state index in [-0.39, 0.29) is 0 Å². The molecule has 0 unspecified atom stereocenters. The summed E-state index contributed by atoms with van der Waals surface area (Å²) in [6.45, 7) is 4.70. The Morgan fingerprint density at radius 3 is 2.38 bits per heavy atom. The Hall–Kier alpha value is 0. The van der Waals surface area contributed by atoms with Crippen molar-refractivity contribution in [2.75, 3.05) is 0 Å². The Bertz CT molecular complexity index is 66.4. The summed E-state index contributed by atoms with van der Waals surface area (Å²) >= 11 is 0. The fourth-order valence-corrected chi connectivity index (χ4v) is 1.83. The van der Waals surface area contributed by atoms with Crippen molar-refractivity contribution in [2.24, 2.45) is 11.8 Å². The van der Waals surface area contributed by atoms with Crippen LogP contribution in [0.15, 0.2) is 0 Å². The van der Waals surface area contributed by atoms with Gasteiger partial charge >= 0.3 is 0 Å². The summed E-state index contributed by atoms with van der Waals surface area (Å²) in [5.74, 6) is 2.09. The number of hydrogen-bond donors (Lipinski definition) is 0. The van der Waals surface area contributed by atoms with Gasteiger partial charge in [-0.15, -0.1) is 0 Å². The van der Waals surface area contributed by atoms with Crippen LogP contribution in [0.4, 0.5) is 0 Å². The van der Waals surface area contributed by atoms with Gasteiger partial charge in [-0.2, -0.15) is 0 Å². The van der Waals surface area contributed by atoms with Gasteiger partial charge in [0, 0.05) is 0 Å². The van der Waals surface area contributed by atoms with Gasteiger partial charge in [0.25, 0.3) is 0 Å². The van der Waals surface area contributed by atoms with Crippen molar-refractivity contribution in [3.63, 3.8) is 0 Å². The molecule has 0 saturated heterocycles. The summed E-state index contributed by atoms with van der Waals surface area (Å²) in [7, 11) is 0. The van der Waals surface area contributed by atoms with Crippen LogP contribution in [0.25, 0.3) is 0 Å². The first-order valence-electron chi connectivity index (χ1n) is 3.84. The first-order chi connectivity index (χ1) is 3.84. The average Bonchev–Trinajstić information content (AvgIpc) is 2.14. The summed E-state index contributed by atoms with van der Waals surface area (Å²) in [5, 5.41) is 0. The van der Waals surface area contributed by atoms with Crippen molar-refractivity contribution < 1.29 is 0 Å². The molecule has 0 N–H and O–H groups in total. The van der Waals surface area contributed by atoms with Crippen molar-refractivity contribution >= 4 is 0 Å². The lowest BCUT2D eigenvalue weighted by atomic mass is 9.96. The zero-order valence-electron chi connectivity index (χ0n) is 5.98. The Labute approximate surface area is 52.3 Å². The molecule has 0 heteroatoms. The zero-order chi connectivity index (χ0) is 5.98. The predicted molar refractivity (Wildman–Crippen MR) is 36.8 cm³/mol. The van der Waals surface area contributed by atoms with E-state index in [1.807, 2.05) is 0 Å². The maximum Gasteiger partial charge on any atom is -0.0391 e. The van der Waals surface area contributed by atoms with Gasteiger partial charge in [-0.25, -0.2) is 0 Å². The molecule has 2 atom stereocenters. The molecule has 0 heterocycles. The molecule has 1 rings (SSSR count). The lowest BCUT2D eigenvalue weighted by Gasteiger charge is -2.10. The third-order valence-electron chi connectivity index (χ3n) is 2.56. The highest BCUT2D eigenvalue weighted by molar-refractivity contribution is 4.72. The normalized spacial score (nSPS) is 38.2. The van der Waals surface area contributed by atoms with E-state index >= 15 is 0 Å². The van der Waals surface area contributed by atoms with Crippen LogP contribution >= 0.6 is 0 Å². The SMILES string of the molecule is CC[C@H]1CCC[C@@H]1C. The van der Waals surface area contributed by atoms with Gasteiger partial charge in [0.15, 0.2) is 0 Å². The minimum absolute atomic E-state index is 1.03. The van der Waals surface area contributed by atoms with Gasteiger partial charge in [-0.1, -0.05) is 39.5 Å². The monoisotopic (exact) mass is 112 g/mol. The molecule has 1 aliphatic carbocycles. The van der Waals surface area contributed by atoms with E-state index in [4.69, 9.17) is 0 Å². The van der Waals surface area contributed by atoms with E-state index in [9.17, 15) is 0 Å². The Balaban J connectivity index is 2.30. The highest BCUT2D eigenvalue weighted by Crippen LogP contribution is 2.32. The molecule has 1 fully saturated rings. The van der Waals surface area contributed by atoms with Gasteiger partial charge in [0.2, 0.25) is 0 Å². The van der Waals surface area contributed by atoms with Gasteiger partial charge in [0.1, 0.15) is 0 Å². The Kier molecular flexibility index (Phi) is 1.93. The minimum atomic E-state index is 1.03. The van der Waals surface area contributed by atoms with Gasteiger partial charge in [-0.05, 0) is 11.8 Å². The first-order valence-corrected chi connectivity index (χ1v) is 3.84. The minimum Gasteiger partial charge on any atom is -0.0651 e. The molecule has 0 aromatic rings. The third-order valence-corrected chi connectivity index (χ3v) is 2.56. The molecule has 0 amide bonds. The highest BCUT2D eigenvalue weighted by atomic mass is 14.3. The second-order valence-electron chi connectivity index (χ2n) is 3.08. The molecule has 0 nitrogen and oxygen atoms in total. The van der Waals surface area contributed by atoms with Crippen LogP contribution in [0, 0.1) is 11.8 Å². The Morgan fingerprint density at radius 2 is 2.12 bits per heavy atom. The van der Waals surface area contributed by atoms with Crippen LogP contribution in [0.5, 0.6) is 0 Å². The summed E-state index contributed by atoms with van der Waals surface area (Å²) in [4.78, 5) is 0. The molecule has 1 saturated carbocycles. The molecule has 0 radical (unpaired) electrons. The van der Waals surface area contributed by atoms with Gasteiger partial charge < -0.3 is 0 Å². The molecule has 0 aromatic carbocycles. The van der Waals surface area contributed by atoms with Crippen LogP contribution in [0.3, 0.4) is 0 Å². The maximum absolute atomic E-state index is 2.39. The molecular weight excluding hydrogens is 96.1 g/mol. The van der Waals surface area contributed by atoms with E-state index in [1.54, 1.807) is 0 Å². The van der Waals surface area contributed by atoms with E-state index in [1.165, 1.54) is 25.7 Å². The summed E-state index contributed by atoms with van der Waals surface area (Å²) < 4.78 is 0. The smallest absolute Gasteiger partial charge is 0.0391 e. The van der Waals surface area contributed by atoms with E-state index in [2.05, 4.69) is 13.8 Å². The van der Waals surface area contributed by atoms with Crippen molar-refractivity contribution in [2.45, 2.75) is 39.5 Å². The fraction of sp³-hybridized carbons (Fsp3) is 1.00. The van der Waals surface area contributed by atoms with Crippen molar-refractivity contribution in [3.8, 4) is 0 Å². The lowest BCUT2D eigenvalue weighted by molar-refractivity contribution is 0.407. The Morgan fingerprint density at radius 1 is 1.38 bits per heavy atom. The fourth-order valence-electron chi connectivity index (χ4n) is 1.83. The number of rotatable bonds is 1. The molecule has 0 bridgehead atoms. The predicted octanol–water partition coefficient (Wildman–Crippen LogP) is 2.83. The van der Waals surface area contributed by atoms with Crippen LogP contribution in [-0.4, -0.2) is 0 Å². The van der Waals surface area contributed by atoms with Crippen LogP contribution < -0.4 is 0 Å². The van der Waals surface area contributed by atoms with Crippen LogP contribution in [-0.2, 0) is 0 Å². The van der Waals surface area contributed by atoms with Gasteiger partial charge in [0.05, 0.1) is 0 Å². The van der Waals surface area contributed by atoms with Gasteiger partial charge in [-0.3, -0.25) is 0 Å². The average molecular weight is 112 g/mol. The molecular formula is C8H16. The van der Waals surface area contributed by atoms with Crippen molar-refractivity contribution in [1.29, 1.82) is 0 Å². The summed E-state index contributed by atoms with van der Waals surface area (Å²) in [5.41, 5.74) is 0. The summed E-state index contributed by atoms with van der Waals surface area (Å²) in [6.07, 6.45) is 5.87. The number of hydrogen-bond acceptors (Lipinski definition) is 0. The van der Waals surface area contributed by atoms with E-state index < -0.39 is 0 Å². The summed E-state index contributed by atoms with van der Waals surface area (Å²) in [6, 6.07) is 0. The largest absolute Gasteiger partial charge is 0.0651 e. The van der Waals surface area contributed by atoms with Crippen LogP contribution in [0.1, 0.15) is 39.5 Å². The van der Waals surface area contributed by atoms with E-state index in [0.29, 0.717) is 0 Å². The molecule has 8 heavy (non-hydrogen) atoms. The third kappa shape index (κ3) is 1.04. The van der Waals surface area contributed by atoms with Crippen molar-refractivity contribution in [1.82, 2.24) is 0 Å². The van der Waals surface area contributed by atoms with Crippen LogP contribution in [0.2, 0.25) is 0 Å². The molecule has 1 aliphatic rings. The second kappa shape index (κ2) is 2.52. The molecule has 0 aliphatic heterocycles. The second-order valence-corrected chi connectivity index (χ2v) is 3.08. The standard InChI is InChI=1S/C8H16/c1-3-8-6-4-5-7(8)2/h7-8H,3-6H2,1-2H3/t7-,8-/m0/s1. The van der Waals surface area contributed by atoms with Crippen molar-refractivity contribution in [3.05, 3.63) is 0 Å². The highest BCUT2D eigenvalue weighted by Gasteiger charge is 2.20. The quantitative estimate of drug-likeness (QED) is 0.489. The topological polar surface area (TPSA) is 0 Å². The first kappa shape index (κ1) is 6.12. The lowest BCUT2D eigenvalue weighted by Crippen LogP contribution is -2.00. The molecule has 48 valence electrons. The van der Waals surface area contributed by atoms with E-state index in [0.717, 1.165) is 11.8 Å². The maximum atomic E-state index is 2.39.